The molecule has 9 nitrogen and oxygen atoms in total. The molecule has 0 aromatic heterocycles. The van der Waals surface area contributed by atoms with Gasteiger partial charge in [-0.15, -0.1) is 0 Å². The minimum absolute atomic E-state index is 0.115. The molecular formula is C13H14N2O7. The molecule has 9 heteroatoms. The van der Waals surface area contributed by atoms with Crippen LogP contribution in [0.5, 0.6) is 0 Å². The maximum atomic E-state index is 11.7. The SMILES string of the molecule is COC(=O)/C=C(/Nc1c(CO)cccc1[N+](=O)[O-])C(=O)OC. The maximum Gasteiger partial charge on any atom is 0.354 e. The van der Waals surface area contributed by atoms with Crippen molar-refractivity contribution in [2.24, 2.45) is 0 Å². The van der Waals surface area contributed by atoms with Crippen LogP contribution in [-0.2, 0) is 25.7 Å². The largest absolute Gasteiger partial charge is 0.466 e. The molecule has 0 saturated heterocycles. The number of benzene rings is 1. The van der Waals surface area contributed by atoms with Crippen LogP contribution in [0.15, 0.2) is 30.0 Å². The number of rotatable bonds is 6. The Hall–Kier alpha value is -2.94. The van der Waals surface area contributed by atoms with Crippen molar-refractivity contribution in [3.05, 3.63) is 45.6 Å². The molecule has 1 aromatic rings. The van der Waals surface area contributed by atoms with Crippen LogP contribution in [0.2, 0.25) is 0 Å². The first-order valence-corrected chi connectivity index (χ1v) is 5.96. The molecule has 0 fully saturated rings. The highest BCUT2D eigenvalue weighted by molar-refractivity contribution is 5.99. The van der Waals surface area contributed by atoms with Crippen molar-refractivity contribution >= 4 is 23.3 Å². The van der Waals surface area contributed by atoms with Gasteiger partial charge in [0.1, 0.15) is 11.4 Å². The van der Waals surface area contributed by atoms with E-state index in [-0.39, 0.29) is 22.6 Å². The first kappa shape index (κ1) is 17.1. The van der Waals surface area contributed by atoms with E-state index in [0.29, 0.717) is 0 Å². The van der Waals surface area contributed by atoms with E-state index in [2.05, 4.69) is 14.8 Å². The minimum atomic E-state index is -0.924. The predicted octanol–water partition coefficient (Wildman–Crippen LogP) is 0.729. The van der Waals surface area contributed by atoms with Crippen molar-refractivity contribution in [2.75, 3.05) is 19.5 Å². The number of methoxy groups -OCH3 is 2. The molecule has 0 radical (unpaired) electrons. The summed E-state index contributed by atoms with van der Waals surface area (Å²) in [5, 5.41) is 22.8. The maximum absolute atomic E-state index is 11.7. The zero-order valence-corrected chi connectivity index (χ0v) is 11.9. The molecule has 1 aromatic carbocycles. The van der Waals surface area contributed by atoms with Crippen molar-refractivity contribution in [3.8, 4) is 0 Å². The van der Waals surface area contributed by atoms with Gasteiger partial charge in [0.15, 0.2) is 0 Å². The van der Waals surface area contributed by atoms with E-state index in [1.54, 1.807) is 0 Å². The van der Waals surface area contributed by atoms with Crippen LogP contribution >= 0.6 is 0 Å². The number of hydrogen-bond donors (Lipinski definition) is 2. The van der Waals surface area contributed by atoms with E-state index in [1.165, 1.54) is 18.2 Å². The zero-order valence-electron chi connectivity index (χ0n) is 11.9. The summed E-state index contributed by atoms with van der Waals surface area (Å²) in [6.07, 6.45) is 0.795. The van der Waals surface area contributed by atoms with Gasteiger partial charge in [0, 0.05) is 11.6 Å². The highest BCUT2D eigenvalue weighted by atomic mass is 16.6. The first-order valence-electron chi connectivity index (χ1n) is 5.96. The van der Waals surface area contributed by atoms with Gasteiger partial charge in [-0.3, -0.25) is 10.1 Å². The van der Waals surface area contributed by atoms with Crippen molar-refractivity contribution < 1.29 is 29.1 Å². The van der Waals surface area contributed by atoms with Gasteiger partial charge in [-0.1, -0.05) is 12.1 Å². The lowest BCUT2D eigenvalue weighted by molar-refractivity contribution is -0.384. The molecule has 22 heavy (non-hydrogen) atoms. The molecule has 0 aliphatic carbocycles. The fourth-order valence-corrected chi connectivity index (χ4v) is 1.58. The second-order valence-corrected chi connectivity index (χ2v) is 3.92. The number of nitro groups is 1. The summed E-state index contributed by atoms with van der Waals surface area (Å²) < 4.78 is 8.89. The number of carbonyl (C=O) groups excluding carboxylic acids is 2. The Labute approximate surface area is 125 Å². The predicted molar refractivity (Wildman–Crippen MR) is 74.8 cm³/mol. The van der Waals surface area contributed by atoms with Gasteiger partial charge in [-0.25, -0.2) is 9.59 Å². The van der Waals surface area contributed by atoms with E-state index in [0.717, 1.165) is 20.3 Å². The summed E-state index contributed by atoms with van der Waals surface area (Å²) in [6.45, 7) is -0.503. The van der Waals surface area contributed by atoms with Gasteiger partial charge in [0.2, 0.25) is 0 Å². The number of aliphatic hydroxyl groups is 1. The van der Waals surface area contributed by atoms with E-state index in [9.17, 15) is 24.8 Å². The highest BCUT2D eigenvalue weighted by Gasteiger charge is 2.21. The van der Waals surface area contributed by atoms with Crippen molar-refractivity contribution in [2.45, 2.75) is 6.61 Å². The smallest absolute Gasteiger partial charge is 0.354 e. The van der Waals surface area contributed by atoms with Crippen LogP contribution in [0.1, 0.15) is 5.56 Å². The molecule has 0 amide bonds. The monoisotopic (exact) mass is 310 g/mol. The number of hydrogen-bond acceptors (Lipinski definition) is 8. The molecule has 0 heterocycles. The molecule has 118 valence electrons. The van der Waals surface area contributed by atoms with Gasteiger partial charge < -0.3 is 19.9 Å². The number of nitrogens with one attached hydrogen (secondary N) is 1. The van der Waals surface area contributed by atoms with Gasteiger partial charge >= 0.3 is 11.9 Å². The lowest BCUT2D eigenvalue weighted by Gasteiger charge is -2.12. The van der Waals surface area contributed by atoms with Gasteiger partial charge in [-0.2, -0.15) is 0 Å². The van der Waals surface area contributed by atoms with E-state index in [4.69, 9.17) is 0 Å². The molecule has 0 unspecified atom stereocenters. The summed E-state index contributed by atoms with van der Waals surface area (Å²) in [4.78, 5) is 33.3. The number of para-hydroxylation sites is 1. The second-order valence-electron chi connectivity index (χ2n) is 3.92. The average molecular weight is 310 g/mol. The molecule has 0 saturated carbocycles. The molecule has 2 N–H and O–H groups in total. The van der Waals surface area contributed by atoms with Crippen LogP contribution in [0, 0.1) is 10.1 Å². The molecule has 0 bridgehead atoms. The number of nitro benzene ring substituents is 1. The lowest BCUT2D eigenvalue weighted by atomic mass is 10.1. The fourth-order valence-electron chi connectivity index (χ4n) is 1.58. The van der Waals surface area contributed by atoms with Crippen molar-refractivity contribution in [1.29, 1.82) is 0 Å². The number of esters is 2. The Morgan fingerprint density at radius 1 is 1.36 bits per heavy atom. The van der Waals surface area contributed by atoms with Crippen LogP contribution in [0.25, 0.3) is 0 Å². The van der Waals surface area contributed by atoms with E-state index >= 15 is 0 Å². The van der Waals surface area contributed by atoms with Gasteiger partial charge in [0.05, 0.1) is 31.8 Å². The standard InChI is InChI=1S/C13H14N2O7/c1-21-11(17)6-9(13(18)22-2)14-12-8(7-16)4-3-5-10(12)15(19)20/h3-6,14,16H,7H2,1-2H3/b9-6+. The summed E-state index contributed by atoms with van der Waals surface area (Å²) in [5.41, 5.74) is -0.672. The Kier molecular flexibility index (Phi) is 6.02. The van der Waals surface area contributed by atoms with Gasteiger partial charge in [0.25, 0.3) is 5.69 Å². The van der Waals surface area contributed by atoms with E-state index < -0.39 is 23.5 Å². The van der Waals surface area contributed by atoms with Crippen LogP contribution in [0.4, 0.5) is 11.4 Å². The number of anilines is 1. The van der Waals surface area contributed by atoms with Gasteiger partial charge in [-0.05, 0) is 0 Å². The minimum Gasteiger partial charge on any atom is -0.466 e. The molecule has 1 rings (SSSR count). The number of aliphatic hydroxyl groups excluding tert-OH is 1. The van der Waals surface area contributed by atoms with Crippen molar-refractivity contribution in [3.63, 3.8) is 0 Å². The van der Waals surface area contributed by atoms with Crippen LogP contribution < -0.4 is 5.32 Å². The summed E-state index contributed by atoms with van der Waals surface area (Å²) in [5.74, 6) is -1.77. The van der Waals surface area contributed by atoms with Crippen LogP contribution in [-0.4, -0.2) is 36.2 Å². The average Bonchev–Trinajstić information content (AvgIpc) is 2.52. The quantitative estimate of drug-likeness (QED) is 0.340. The summed E-state index contributed by atoms with van der Waals surface area (Å²) >= 11 is 0. The fraction of sp³-hybridized carbons (Fsp3) is 0.231. The molecular weight excluding hydrogens is 296 g/mol. The molecule has 0 aliphatic heterocycles. The van der Waals surface area contributed by atoms with Crippen molar-refractivity contribution in [1.82, 2.24) is 0 Å². The molecule has 0 aliphatic rings. The Bertz CT molecular complexity index is 625. The first-order chi connectivity index (χ1) is 10.4. The zero-order chi connectivity index (χ0) is 16.7. The summed E-state index contributed by atoms with van der Waals surface area (Å²) in [7, 11) is 2.19. The van der Waals surface area contributed by atoms with E-state index in [1.807, 2.05) is 0 Å². The topological polar surface area (TPSA) is 128 Å². The summed E-state index contributed by atoms with van der Waals surface area (Å²) in [6, 6.07) is 4.01. The third kappa shape index (κ3) is 4.03. The number of nitrogens with zero attached hydrogens (tertiary/aromatic N) is 1. The Balaban J connectivity index is 3.34. The third-order valence-electron chi connectivity index (χ3n) is 2.62. The molecule has 0 atom stereocenters. The Morgan fingerprint density at radius 2 is 2.05 bits per heavy atom. The Morgan fingerprint density at radius 3 is 2.55 bits per heavy atom. The molecule has 0 spiro atoms. The third-order valence-corrected chi connectivity index (χ3v) is 2.62. The number of ether oxygens (including phenoxy) is 2. The van der Waals surface area contributed by atoms with Crippen LogP contribution in [0.3, 0.4) is 0 Å². The number of carbonyl (C=O) groups is 2. The second kappa shape index (κ2) is 7.74. The lowest BCUT2D eigenvalue weighted by Crippen LogP contribution is -2.17. The highest BCUT2D eigenvalue weighted by Crippen LogP contribution is 2.29. The normalized spacial score (nSPS) is 10.8.